The maximum atomic E-state index is 12.4. The van der Waals surface area contributed by atoms with Gasteiger partial charge in [0.05, 0.1) is 11.3 Å². The molecule has 4 rings (SSSR count). The van der Waals surface area contributed by atoms with Gasteiger partial charge >= 0.3 is 5.97 Å². The molecule has 1 atom stereocenters. The minimum atomic E-state index is -4.01. The number of rotatable bonds is 10. The number of carboxylic acid groups (broad SMARTS) is 1. The minimum absolute atomic E-state index is 0.0278. The summed E-state index contributed by atoms with van der Waals surface area (Å²) in [6.45, 7) is 0. The molecule has 0 aliphatic heterocycles. The molecule has 0 unspecified atom stereocenters. The molecule has 33 heavy (non-hydrogen) atoms. The highest BCUT2D eigenvalue weighted by atomic mass is 32.2. The van der Waals surface area contributed by atoms with E-state index in [1.807, 2.05) is 24.3 Å². The van der Waals surface area contributed by atoms with Crippen molar-refractivity contribution in [3.05, 3.63) is 78.2 Å². The summed E-state index contributed by atoms with van der Waals surface area (Å²) in [4.78, 5) is 24.6. The third kappa shape index (κ3) is 5.76. The number of hydrogen-bond acceptors (Lipinski definition) is 8. The topological polar surface area (TPSA) is 148 Å². The number of carbonyl (C=O) groups is 1. The van der Waals surface area contributed by atoms with Gasteiger partial charge in [0.25, 0.3) is 0 Å². The number of hydrogen-bond donors (Lipinski definition) is 2. The summed E-state index contributed by atoms with van der Waals surface area (Å²) >= 11 is 0. The lowest BCUT2D eigenvalue weighted by molar-refractivity contribution is -0.139. The molecule has 2 N–H and O–H groups in total. The predicted molar refractivity (Wildman–Crippen MR) is 118 cm³/mol. The summed E-state index contributed by atoms with van der Waals surface area (Å²) in [5.74, 6) is -0.884. The second-order valence-electron chi connectivity index (χ2n) is 7.34. The van der Waals surface area contributed by atoms with E-state index in [1.54, 1.807) is 24.4 Å². The molecule has 1 aromatic carbocycles. The van der Waals surface area contributed by atoms with Crippen LogP contribution in [0.2, 0.25) is 0 Å². The second-order valence-corrected chi connectivity index (χ2v) is 9.05. The Kier molecular flexibility index (Phi) is 6.71. The summed E-state index contributed by atoms with van der Waals surface area (Å²) in [5.41, 5.74) is 1.58. The maximum Gasteiger partial charge on any atom is 0.322 e. The number of nitrogens with zero attached hydrogens (tertiary/aromatic N) is 4. The summed E-state index contributed by atoms with van der Waals surface area (Å²) in [5, 5.41) is 14.3. The molecule has 170 valence electrons. The Morgan fingerprint density at radius 1 is 1.03 bits per heavy atom. The van der Waals surface area contributed by atoms with Gasteiger partial charge in [-0.1, -0.05) is 23.4 Å². The molecule has 0 aliphatic rings. The Bertz CT molecular complexity index is 1360. The van der Waals surface area contributed by atoms with Crippen LogP contribution in [0.5, 0.6) is 0 Å². The quantitative estimate of drug-likeness (QED) is 0.358. The SMILES string of the molecule is O=C(O)[C@H](Cc1nc(CCCc2ccc3cccnc3n2)no1)NS(=O)(=O)c1ccccc1. The summed E-state index contributed by atoms with van der Waals surface area (Å²) in [6, 6.07) is 13.8. The Hall–Kier alpha value is -3.70. The zero-order valence-electron chi connectivity index (χ0n) is 17.5. The van der Waals surface area contributed by atoms with Gasteiger partial charge in [-0.3, -0.25) is 4.79 Å². The van der Waals surface area contributed by atoms with Gasteiger partial charge < -0.3 is 9.63 Å². The first-order valence-corrected chi connectivity index (χ1v) is 11.7. The van der Waals surface area contributed by atoms with Crippen molar-refractivity contribution in [1.29, 1.82) is 0 Å². The van der Waals surface area contributed by atoms with E-state index in [4.69, 9.17) is 4.52 Å². The van der Waals surface area contributed by atoms with E-state index in [2.05, 4.69) is 24.8 Å². The first-order valence-electron chi connectivity index (χ1n) is 10.2. The van der Waals surface area contributed by atoms with Gasteiger partial charge in [0, 0.05) is 23.7 Å². The van der Waals surface area contributed by atoms with Crippen molar-refractivity contribution in [1.82, 2.24) is 24.8 Å². The lowest BCUT2D eigenvalue weighted by Gasteiger charge is -2.12. The monoisotopic (exact) mass is 467 g/mol. The van der Waals surface area contributed by atoms with E-state index in [0.29, 0.717) is 30.7 Å². The van der Waals surface area contributed by atoms with E-state index in [0.717, 1.165) is 11.1 Å². The third-order valence-electron chi connectivity index (χ3n) is 4.89. The Balaban J connectivity index is 1.35. The molecule has 0 saturated heterocycles. The standard InChI is InChI=1S/C22H21N5O5S/c28-22(29)18(27-33(30,31)17-8-2-1-3-9-17)14-20-25-19(26-32-20)10-4-7-16-12-11-15-6-5-13-23-21(15)24-16/h1-3,5-6,8-9,11-13,18,27H,4,7,10,14H2,(H,28,29)/t18-/m0/s1. The van der Waals surface area contributed by atoms with Gasteiger partial charge in [0.15, 0.2) is 11.5 Å². The number of aryl methyl sites for hydroxylation is 2. The van der Waals surface area contributed by atoms with E-state index >= 15 is 0 Å². The fourth-order valence-corrected chi connectivity index (χ4v) is 4.45. The molecule has 0 spiro atoms. The van der Waals surface area contributed by atoms with E-state index in [-0.39, 0.29) is 17.2 Å². The number of aliphatic carboxylic acids is 1. The van der Waals surface area contributed by atoms with Gasteiger partial charge in [-0.2, -0.15) is 9.71 Å². The summed E-state index contributed by atoms with van der Waals surface area (Å²) < 4.78 is 32.2. The molecule has 3 aromatic heterocycles. The average molecular weight is 468 g/mol. The van der Waals surface area contributed by atoms with E-state index < -0.39 is 22.0 Å². The summed E-state index contributed by atoms with van der Waals surface area (Å²) in [7, 11) is -4.01. The van der Waals surface area contributed by atoms with Gasteiger partial charge in [-0.05, 0) is 49.2 Å². The van der Waals surface area contributed by atoms with Crippen molar-refractivity contribution < 1.29 is 22.8 Å². The van der Waals surface area contributed by atoms with Crippen LogP contribution in [-0.4, -0.2) is 45.6 Å². The van der Waals surface area contributed by atoms with Crippen LogP contribution in [0.15, 0.2) is 70.2 Å². The first-order chi connectivity index (χ1) is 15.9. The number of aromatic nitrogens is 4. The van der Waals surface area contributed by atoms with Crippen LogP contribution in [0.25, 0.3) is 11.0 Å². The van der Waals surface area contributed by atoms with Crippen LogP contribution in [0.3, 0.4) is 0 Å². The average Bonchev–Trinajstić information content (AvgIpc) is 3.26. The highest BCUT2D eigenvalue weighted by Crippen LogP contribution is 2.13. The molecule has 0 amide bonds. The highest BCUT2D eigenvalue weighted by Gasteiger charge is 2.27. The van der Waals surface area contributed by atoms with Crippen molar-refractivity contribution in [2.75, 3.05) is 0 Å². The zero-order valence-corrected chi connectivity index (χ0v) is 18.3. The molecular weight excluding hydrogens is 446 g/mol. The minimum Gasteiger partial charge on any atom is -0.480 e. The van der Waals surface area contributed by atoms with Gasteiger partial charge in [-0.25, -0.2) is 18.4 Å². The van der Waals surface area contributed by atoms with Crippen molar-refractivity contribution >= 4 is 27.0 Å². The second kappa shape index (κ2) is 9.84. The predicted octanol–water partition coefficient (Wildman–Crippen LogP) is 2.16. The Morgan fingerprint density at radius 2 is 1.85 bits per heavy atom. The van der Waals surface area contributed by atoms with Gasteiger partial charge in [0.1, 0.15) is 6.04 Å². The maximum absolute atomic E-state index is 12.4. The largest absolute Gasteiger partial charge is 0.480 e. The fraction of sp³-hybridized carbons (Fsp3) is 0.227. The molecule has 10 nitrogen and oxygen atoms in total. The fourth-order valence-electron chi connectivity index (χ4n) is 3.24. The Labute approximate surface area is 189 Å². The van der Waals surface area contributed by atoms with Crippen LogP contribution < -0.4 is 4.72 Å². The Morgan fingerprint density at radius 3 is 2.64 bits per heavy atom. The molecule has 4 aromatic rings. The lowest BCUT2D eigenvalue weighted by atomic mass is 10.1. The molecule has 3 heterocycles. The normalized spacial score (nSPS) is 12.6. The molecular formula is C22H21N5O5S. The molecule has 0 aliphatic carbocycles. The van der Waals surface area contributed by atoms with Crippen LogP contribution in [-0.2, 0) is 34.1 Å². The van der Waals surface area contributed by atoms with Crippen LogP contribution in [0, 0.1) is 0 Å². The lowest BCUT2D eigenvalue weighted by Crippen LogP contribution is -2.42. The molecule has 0 saturated carbocycles. The highest BCUT2D eigenvalue weighted by molar-refractivity contribution is 7.89. The zero-order chi connectivity index (χ0) is 23.3. The number of carboxylic acids is 1. The van der Waals surface area contributed by atoms with E-state index in [9.17, 15) is 18.3 Å². The van der Waals surface area contributed by atoms with Crippen LogP contribution in [0.4, 0.5) is 0 Å². The number of sulfonamides is 1. The van der Waals surface area contributed by atoms with Crippen LogP contribution >= 0.6 is 0 Å². The molecule has 0 fully saturated rings. The molecule has 11 heteroatoms. The van der Waals surface area contributed by atoms with Gasteiger partial charge in [0.2, 0.25) is 15.9 Å². The van der Waals surface area contributed by atoms with E-state index in [1.165, 1.54) is 12.1 Å². The summed E-state index contributed by atoms with van der Waals surface area (Å²) in [6.07, 6.45) is 3.31. The van der Waals surface area contributed by atoms with Gasteiger partial charge in [-0.15, -0.1) is 0 Å². The molecule has 0 radical (unpaired) electrons. The van der Waals surface area contributed by atoms with Crippen molar-refractivity contribution in [3.63, 3.8) is 0 Å². The number of fused-ring (bicyclic) bond motifs is 1. The molecule has 0 bridgehead atoms. The number of pyridine rings is 2. The van der Waals surface area contributed by atoms with Crippen molar-refractivity contribution in [3.8, 4) is 0 Å². The third-order valence-corrected chi connectivity index (χ3v) is 6.38. The van der Waals surface area contributed by atoms with Crippen LogP contribution in [0.1, 0.15) is 23.8 Å². The number of nitrogens with one attached hydrogen (secondary N) is 1. The smallest absolute Gasteiger partial charge is 0.322 e. The van der Waals surface area contributed by atoms with Crippen molar-refractivity contribution in [2.45, 2.75) is 36.6 Å². The first kappa shape index (κ1) is 22.5. The van der Waals surface area contributed by atoms with Crippen molar-refractivity contribution in [2.24, 2.45) is 0 Å². The number of benzene rings is 1.